The molecule has 0 saturated heterocycles. The summed E-state index contributed by atoms with van der Waals surface area (Å²) in [6, 6.07) is 19.6. The molecule has 0 atom stereocenters. The van der Waals surface area contributed by atoms with E-state index in [1.807, 2.05) is 79.4 Å². The number of amides is 1. The molecule has 1 heterocycles. The van der Waals surface area contributed by atoms with Gasteiger partial charge in [0.25, 0.3) is 0 Å². The van der Waals surface area contributed by atoms with Crippen molar-refractivity contribution in [2.24, 2.45) is 0 Å². The van der Waals surface area contributed by atoms with E-state index in [2.05, 4.69) is 22.2 Å². The average Bonchev–Trinajstić information content (AvgIpc) is 2.74. The van der Waals surface area contributed by atoms with E-state index in [-0.39, 0.29) is 12.5 Å². The lowest BCUT2D eigenvalue weighted by atomic mass is 10.2. The number of rotatable bonds is 7. The maximum absolute atomic E-state index is 12.9. The van der Waals surface area contributed by atoms with Crippen LogP contribution in [0.5, 0.6) is 0 Å². The van der Waals surface area contributed by atoms with Crippen LogP contribution in [0.1, 0.15) is 24.6 Å². The van der Waals surface area contributed by atoms with Crippen molar-refractivity contribution in [3.05, 3.63) is 71.9 Å². The molecule has 144 valence electrons. The molecule has 0 aliphatic heterocycles. The van der Waals surface area contributed by atoms with E-state index in [1.54, 1.807) is 0 Å². The van der Waals surface area contributed by atoms with Crippen molar-refractivity contribution >= 4 is 17.4 Å². The lowest BCUT2D eigenvalue weighted by Crippen LogP contribution is -2.36. The van der Waals surface area contributed by atoms with Gasteiger partial charge in [0.2, 0.25) is 5.91 Å². The summed E-state index contributed by atoms with van der Waals surface area (Å²) in [5.41, 5.74) is 3.72. The van der Waals surface area contributed by atoms with Crippen LogP contribution in [0.25, 0.3) is 11.4 Å². The van der Waals surface area contributed by atoms with Gasteiger partial charge in [-0.2, -0.15) is 0 Å². The van der Waals surface area contributed by atoms with Gasteiger partial charge < -0.3 is 10.2 Å². The summed E-state index contributed by atoms with van der Waals surface area (Å²) in [4.78, 5) is 23.9. The van der Waals surface area contributed by atoms with Gasteiger partial charge in [-0.3, -0.25) is 4.79 Å². The molecule has 0 aliphatic carbocycles. The highest BCUT2D eigenvalue weighted by Crippen LogP contribution is 2.22. The molecular formula is C23H26N4O. The summed E-state index contributed by atoms with van der Waals surface area (Å²) in [5.74, 6) is 1.38. The molecule has 28 heavy (non-hydrogen) atoms. The van der Waals surface area contributed by atoms with Crippen LogP contribution in [-0.2, 0) is 4.79 Å². The number of aromatic nitrogens is 2. The quantitative estimate of drug-likeness (QED) is 0.656. The molecule has 0 aliphatic rings. The van der Waals surface area contributed by atoms with Gasteiger partial charge in [0.15, 0.2) is 5.82 Å². The number of benzene rings is 2. The van der Waals surface area contributed by atoms with E-state index in [0.717, 1.165) is 28.9 Å². The largest absolute Gasteiger partial charge is 0.361 e. The summed E-state index contributed by atoms with van der Waals surface area (Å²) in [6.45, 7) is 6.87. The third-order valence-corrected chi connectivity index (χ3v) is 4.64. The first-order valence-electron chi connectivity index (χ1n) is 9.60. The summed E-state index contributed by atoms with van der Waals surface area (Å²) in [5, 5.41) is 3.23. The monoisotopic (exact) mass is 374 g/mol. The van der Waals surface area contributed by atoms with Crippen molar-refractivity contribution in [2.45, 2.75) is 27.2 Å². The van der Waals surface area contributed by atoms with Crippen LogP contribution >= 0.6 is 0 Å². The Morgan fingerprint density at radius 3 is 2.25 bits per heavy atom. The van der Waals surface area contributed by atoms with E-state index >= 15 is 0 Å². The minimum absolute atomic E-state index is 0.0185. The first-order chi connectivity index (χ1) is 13.6. The van der Waals surface area contributed by atoms with Crippen molar-refractivity contribution in [1.29, 1.82) is 0 Å². The van der Waals surface area contributed by atoms with Gasteiger partial charge in [-0.1, -0.05) is 55.5 Å². The number of carbonyl (C=O) groups excluding carboxylic acids is 1. The molecule has 0 fully saturated rings. The normalized spacial score (nSPS) is 10.5. The number of para-hydroxylation sites is 1. The lowest BCUT2D eigenvalue weighted by molar-refractivity contribution is -0.117. The Labute approximate surface area is 166 Å². The number of nitrogens with one attached hydrogen (secondary N) is 1. The smallest absolute Gasteiger partial charge is 0.246 e. The van der Waals surface area contributed by atoms with Gasteiger partial charge >= 0.3 is 0 Å². The fraction of sp³-hybridized carbons (Fsp3) is 0.261. The van der Waals surface area contributed by atoms with Gasteiger partial charge in [0.1, 0.15) is 5.82 Å². The second kappa shape index (κ2) is 9.13. The zero-order chi connectivity index (χ0) is 19.9. The minimum Gasteiger partial charge on any atom is -0.361 e. The van der Waals surface area contributed by atoms with Crippen LogP contribution in [0.4, 0.5) is 11.5 Å². The molecule has 2 aromatic carbocycles. The van der Waals surface area contributed by atoms with E-state index in [9.17, 15) is 4.79 Å². The first-order valence-corrected chi connectivity index (χ1v) is 9.60. The molecule has 1 aromatic heterocycles. The lowest BCUT2D eigenvalue weighted by Gasteiger charge is -2.23. The maximum atomic E-state index is 12.9. The summed E-state index contributed by atoms with van der Waals surface area (Å²) >= 11 is 0. The standard InChI is InChI=1S/C23H26N4O/c1-4-15-27(20-13-9-6-10-14-20)21(28)16-24-22-17(2)18(3)25-23(26-22)19-11-7-5-8-12-19/h5-14H,4,15-16H2,1-3H3,(H,24,25,26). The zero-order valence-corrected chi connectivity index (χ0v) is 16.6. The number of nitrogens with zero attached hydrogens (tertiary/aromatic N) is 3. The number of hydrogen-bond donors (Lipinski definition) is 1. The summed E-state index contributed by atoms with van der Waals surface area (Å²) in [6.07, 6.45) is 0.893. The fourth-order valence-electron chi connectivity index (χ4n) is 3.00. The number of anilines is 2. The third kappa shape index (κ3) is 4.55. The van der Waals surface area contributed by atoms with Crippen LogP contribution in [0.3, 0.4) is 0 Å². The molecule has 0 saturated carbocycles. The summed E-state index contributed by atoms with van der Waals surface area (Å²) in [7, 11) is 0. The maximum Gasteiger partial charge on any atom is 0.246 e. The van der Waals surface area contributed by atoms with Gasteiger partial charge in [-0.15, -0.1) is 0 Å². The highest BCUT2D eigenvalue weighted by atomic mass is 16.2. The second-order valence-electron chi connectivity index (χ2n) is 6.71. The molecule has 3 rings (SSSR count). The number of hydrogen-bond acceptors (Lipinski definition) is 4. The van der Waals surface area contributed by atoms with Crippen LogP contribution in [0.15, 0.2) is 60.7 Å². The fourth-order valence-corrected chi connectivity index (χ4v) is 3.00. The molecule has 0 spiro atoms. The Morgan fingerprint density at radius 1 is 0.964 bits per heavy atom. The average molecular weight is 374 g/mol. The predicted molar refractivity (Wildman–Crippen MR) is 115 cm³/mol. The van der Waals surface area contributed by atoms with Gasteiger partial charge in [-0.05, 0) is 32.4 Å². The van der Waals surface area contributed by atoms with Crippen LogP contribution in [0.2, 0.25) is 0 Å². The minimum atomic E-state index is 0.0185. The molecule has 1 N–H and O–H groups in total. The van der Waals surface area contributed by atoms with E-state index < -0.39 is 0 Å². The van der Waals surface area contributed by atoms with Crippen molar-refractivity contribution in [2.75, 3.05) is 23.3 Å². The Hall–Kier alpha value is -3.21. The van der Waals surface area contributed by atoms with Gasteiger partial charge in [0, 0.05) is 29.1 Å². The molecule has 0 bridgehead atoms. The molecule has 0 unspecified atom stereocenters. The first kappa shape index (κ1) is 19.5. The molecule has 0 radical (unpaired) electrons. The highest BCUT2D eigenvalue weighted by molar-refractivity contribution is 5.96. The Balaban J connectivity index is 1.79. The molecule has 5 nitrogen and oxygen atoms in total. The van der Waals surface area contributed by atoms with Gasteiger partial charge in [-0.25, -0.2) is 9.97 Å². The second-order valence-corrected chi connectivity index (χ2v) is 6.71. The van der Waals surface area contributed by atoms with E-state index in [4.69, 9.17) is 0 Å². The van der Waals surface area contributed by atoms with Crippen molar-refractivity contribution < 1.29 is 4.79 Å². The molecular weight excluding hydrogens is 348 g/mol. The van der Waals surface area contributed by atoms with Crippen molar-refractivity contribution in [3.63, 3.8) is 0 Å². The van der Waals surface area contributed by atoms with Crippen molar-refractivity contribution in [1.82, 2.24) is 9.97 Å². The Kier molecular flexibility index (Phi) is 6.37. The van der Waals surface area contributed by atoms with Gasteiger partial charge in [0.05, 0.1) is 6.54 Å². The third-order valence-electron chi connectivity index (χ3n) is 4.64. The van der Waals surface area contributed by atoms with Crippen LogP contribution < -0.4 is 10.2 Å². The molecule has 1 amide bonds. The topological polar surface area (TPSA) is 58.1 Å². The summed E-state index contributed by atoms with van der Waals surface area (Å²) < 4.78 is 0. The number of aryl methyl sites for hydroxylation is 1. The number of carbonyl (C=O) groups is 1. The van der Waals surface area contributed by atoms with Crippen molar-refractivity contribution in [3.8, 4) is 11.4 Å². The predicted octanol–water partition coefficient (Wildman–Crippen LogP) is 4.62. The van der Waals surface area contributed by atoms with E-state index in [1.165, 1.54) is 0 Å². The van der Waals surface area contributed by atoms with E-state index in [0.29, 0.717) is 18.2 Å². The molecule has 5 heteroatoms. The Morgan fingerprint density at radius 2 is 1.61 bits per heavy atom. The zero-order valence-electron chi connectivity index (χ0n) is 16.6. The SMILES string of the molecule is CCCN(C(=O)CNc1nc(-c2ccccc2)nc(C)c1C)c1ccccc1. The van der Waals surface area contributed by atoms with Crippen LogP contribution in [0, 0.1) is 13.8 Å². The molecule has 3 aromatic rings. The highest BCUT2D eigenvalue weighted by Gasteiger charge is 2.16. The van der Waals surface area contributed by atoms with Crippen LogP contribution in [-0.4, -0.2) is 29.0 Å². The Bertz CT molecular complexity index is 926.